The molecule has 1 aliphatic heterocycles. The van der Waals surface area contributed by atoms with Crippen LogP contribution in [0.25, 0.3) is 0 Å². The second kappa shape index (κ2) is 9.06. The van der Waals surface area contributed by atoms with Crippen LogP contribution in [0.2, 0.25) is 0 Å². The molecule has 0 unspecified atom stereocenters. The maximum Gasteiger partial charge on any atom is 0.251 e. The third-order valence-electron chi connectivity index (χ3n) is 6.84. The topological polar surface area (TPSA) is 95.6 Å². The number of carbonyl (C=O) groups is 2. The quantitative estimate of drug-likeness (QED) is 0.718. The molecule has 2 fully saturated rings. The van der Waals surface area contributed by atoms with Crippen LogP contribution in [0, 0.1) is 11.3 Å². The molecule has 1 aliphatic carbocycles. The Morgan fingerprint density at radius 2 is 1.80 bits per heavy atom. The van der Waals surface area contributed by atoms with Crippen molar-refractivity contribution in [2.45, 2.75) is 63.8 Å². The van der Waals surface area contributed by atoms with Crippen molar-refractivity contribution in [2.24, 2.45) is 11.3 Å². The molecule has 2 N–H and O–H groups in total. The normalized spacial score (nSPS) is 23.6. The first-order valence-corrected chi connectivity index (χ1v) is 12.3. The van der Waals surface area contributed by atoms with Crippen molar-refractivity contribution in [3.8, 4) is 0 Å². The lowest BCUT2D eigenvalue weighted by molar-refractivity contribution is -0.122. The van der Waals surface area contributed by atoms with Crippen LogP contribution in [0.4, 0.5) is 0 Å². The van der Waals surface area contributed by atoms with Crippen molar-refractivity contribution in [3.63, 3.8) is 0 Å². The minimum Gasteiger partial charge on any atom is -0.354 e. The van der Waals surface area contributed by atoms with Crippen molar-refractivity contribution in [2.75, 3.05) is 19.6 Å². The lowest BCUT2D eigenvalue weighted by Gasteiger charge is -2.39. The molecule has 1 saturated heterocycles. The highest BCUT2D eigenvalue weighted by molar-refractivity contribution is 7.89. The van der Waals surface area contributed by atoms with Gasteiger partial charge in [0, 0.05) is 24.7 Å². The van der Waals surface area contributed by atoms with E-state index in [1.807, 2.05) is 0 Å². The van der Waals surface area contributed by atoms with Gasteiger partial charge in [-0.1, -0.05) is 27.2 Å². The maximum atomic E-state index is 12.7. The van der Waals surface area contributed by atoms with E-state index in [0.717, 1.165) is 36.4 Å². The zero-order valence-electron chi connectivity index (χ0n) is 18.1. The van der Waals surface area contributed by atoms with Crippen LogP contribution < -0.4 is 10.6 Å². The lowest BCUT2D eigenvalue weighted by Crippen LogP contribution is -2.49. The Morgan fingerprint density at radius 3 is 2.37 bits per heavy atom. The monoisotopic (exact) mass is 435 g/mol. The fourth-order valence-corrected chi connectivity index (χ4v) is 5.72. The van der Waals surface area contributed by atoms with Crippen LogP contribution in [-0.4, -0.2) is 50.2 Å². The summed E-state index contributed by atoms with van der Waals surface area (Å²) in [5, 5.41) is 5.72. The second-order valence-corrected chi connectivity index (χ2v) is 11.0. The molecule has 0 spiro atoms. The van der Waals surface area contributed by atoms with Crippen molar-refractivity contribution in [1.29, 1.82) is 0 Å². The standard InChI is InChI=1S/C22H33N3O4S/c1-4-22(2,3)17-7-9-18(10-8-17)24-21(27)16-5-11-19(12-6-16)30(28,29)25-14-13-23-20(26)15-25/h5-6,11-12,17-18H,4,7-10,13-15H2,1-3H3,(H,23,26)(H,24,27). The van der Waals surface area contributed by atoms with E-state index in [9.17, 15) is 18.0 Å². The van der Waals surface area contributed by atoms with Crippen LogP contribution in [-0.2, 0) is 14.8 Å². The molecular weight excluding hydrogens is 402 g/mol. The molecule has 30 heavy (non-hydrogen) atoms. The molecule has 0 bridgehead atoms. The first-order chi connectivity index (χ1) is 14.1. The number of nitrogens with one attached hydrogen (secondary N) is 2. The molecular formula is C22H33N3O4S. The highest BCUT2D eigenvalue weighted by Crippen LogP contribution is 2.40. The molecule has 1 aromatic carbocycles. The van der Waals surface area contributed by atoms with Gasteiger partial charge in [0.05, 0.1) is 11.4 Å². The zero-order valence-corrected chi connectivity index (χ0v) is 18.9. The smallest absolute Gasteiger partial charge is 0.251 e. The largest absolute Gasteiger partial charge is 0.354 e. The minimum atomic E-state index is -3.75. The third-order valence-corrected chi connectivity index (χ3v) is 8.70. The molecule has 3 rings (SSSR count). The lowest BCUT2D eigenvalue weighted by atomic mass is 9.69. The summed E-state index contributed by atoms with van der Waals surface area (Å²) >= 11 is 0. The molecule has 2 amide bonds. The third kappa shape index (κ3) is 5.03. The Kier molecular flexibility index (Phi) is 6.87. The summed E-state index contributed by atoms with van der Waals surface area (Å²) in [4.78, 5) is 24.2. The van der Waals surface area contributed by atoms with Gasteiger partial charge in [0.2, 0.25) is 15.9 Å². The number of hydrogen-bond acceptors (Lipinski definition) is 4. The number of rotatable bonds is 6. The average Bonchev–Trinajstić information content (AvgIpc) is 2.74. The summed E-state index contributed by atoms with van der Waals surface area (Å²) in [5.41, 5.74) is 0.784. The van der Waals surface area contributed by atoms with Gasteiger partial charge in [0.15, 0.2) is 0 Å². The summed E-state index contributed by atoms with van der Waals surface area (Å²) in [6.45, 7) is 7.24. The van der Waals surface area contributed by atoms with Crippen molar-refractivity contribution in [3.05, 3.63) is 29.8 Å². The number of benzene rings is 1. The Balaban J connectivity index is 1.59. The molecule has 1 heterocycles. The van der Waals surface area contributed by atoms with Crippen LogP contribution in [0.5, 0.6) is 0 Å². The molecule has 166 valence electrons. The van der Waals surface area contributed by atoms with Crippen LogP contribution in [0.1, 0.15) is 63.2 Å². The van der Waals surface area contributed by atoms with Gasteiger partial charge in [-0.15, -0.1) is 0 Å². The summed E-state index contributed by atoms with van der Waals surface area (Å²) in [6, 6.07) is 6.13. The Morgan fingerprint density at radius 1 is 1.17 bits per heavy atom. The second-order valence-electron chi connectivity index (χ2n) is 9.08. The molecule has 2 aliphatic rings. The molecule has 0 atom stereocenters. The fourth-order valence-electron chi connectivity index (χ4n) is 4.32. The van der Waals surface area contributed by atoms with E-state index in [1.54, 1.807) is 0 Å². The summed E-state index contributed by atoms with van der Waals surface area (Å²) in [6.07, 6.45) is 5.34. The molecule has 0 aromatic heterocycles. The fraction of sp³-hybridized carbons (Fsp3) is 0.636. The highest BCUT2D eigenvalue weighted by Gasteiger charge is 2.32. The Labute approximate surface area is 179 Å². The predicted octanol–water partition coefficient (Wildman–Crippen LogP) is 2.53. The summed E-state index contributed by atoms with van der Waals surface area (Å²) < 4.78 is 26.6. The van der Waals surface area contributed by atoms with E-state index < -0.39 is 10.0 Å². The van der Waals surface area contributed by atoms with E-state index in [2.05, 4.69) is 31.4 Å². The Hall–Kier alpha value is -1.93. The van der Waals surface area contributed by atoms with E-state index in [4.69, 9.17) is 0 Å². The zero-order chi connectivity index (χ0) is 21.9. The van der Waals surface area contributed by atoms with Gasteiger partial charge in [0.1, 0.15) is 0 Å². The molecule has 1 saturated carbocycles. The van der Waals surface area contributed by atoms with Crippen LogP contribution in [0.3, 0.4) is 0 Å². The maximum absolute atomic E-state index is 12.7. The molecule has 8 heteroatoms. The van der Waals surface area contributed by atoms with Gasteiger partial charge in [0.25, 0.3) is 5.91 Å². The SMILES string of the molecule is CCC(C)(C)C1CCC(NC(=O)c2ccc(S(=O)(=O)N3CCNC(=O)C3)cc2)CC1. The number of sulfonamides is 1. The first-order valence-electron chi connectivity index (χ1n) is 10.8. The van der Waals surface area contributed by atoms with Gasteiger partial charge in [-0.25, -0.2) is 8.42 Å². The van der Waals surface area contributed by atoms with Gasteiger partial charge in [-0.2, -0.15) is 4.31 Å². The van der Waals surface area contributed by atoms with Gasteiger partial charge < -0.3 is 10.6 Å². The van der Waals surface area contributed by atoms with E-state index >= 15 is 0 Å². The van der Waals surface area contributed by atoms with Crippen molar-refractivity contribution < 1.29 is 18.0 Å². The minimum absolute atomic E-state index is 0.0936. The van der Waals surface area contributed by atoms with Crippen LogP contribution in [0.15, 0.2) is 29.2 Å². The number of hydrogen-bond donors (Lipinski definition) is 2. The molecule has 7 nitrogen and oxygen atoms in total. The summed E-state index contributed by atoms with van der Waals surface area (Å²) in [5.74, 6) is 0.212. The molecule has 0 radical (unpaired) electrons. The summed E-state index contributed by atoms with van der Waals surface area (Å²) in [7, 11) is -3.75. The van der Waals surface area contributed by atoms with Crippen molar-refractivity contribution >= 4 is 21.8 Å². The molecule has 1 aromatic rings. The highest BCUT2D eigenvalue weighted by atomic mass is 32.2. The van der Waals surface area contributed by atoms with Gasteiger partial charge >= 0.3 is 0 Å². The van der Waals surface area contributed by atoms with Gasteiger partial charge in [-0.3, -0.25) is 9.59 Å². The number of nitrogens with zero attached hydrogens (tertiary/aromatic N) is 1. The number of amides is 2. The van der Waals surface area contributed by atoms with Gasteiger partial charge in [-0.05, 0) is 61.3 Å². The number of carbonyl (C=O) groups excluding carboxylic acids is 2. The van der Waals surface area contributed by atoms with Crippen LogP contribution >= 0.6 is 0 Å². The van der Waals surface area contributed by atoms with E-state index in [1.165, 1.54) is 24.3 Å². The van der Waals surface area contributed by atoms with Crippen molar-refractivity contribution in [1.82, 2.24) is 14.9 Å². The number of piperazine rings is 1. The van der Waals surface area contributed by atoms with E-state index in [0.29, 0.717) is 23.4 Å². The first kappa shape index (κ1) is 22.7. The average molecular weight is 436 g/mol. The Bertz CT molecular complexity index is 872. The van der Waals surface area contributed by atoms with E-state index in [-0.39, 0.29) is 35.8 Å². The predicted molar refractivity (Wildman–Crippen MR) is 115 cm³/mol.